The molecule has 234 valence electrons. The Labute approximate surface area is 276 Å². The van der Waals surface area contributed by atoms with E-state index >= 15 is 0 Å². The van der Waals surface area contributed by atoms with Crippen molar-refractivity contribution < 1.29 is 19.0 Å². The SMILES string of the molecule is COc1cc2c(cc1OCCCCCCOc1ccc3nc(C)n(-c4ccc(I)cc4C)c(=O)c3c1)N=C[C@@H]1CCCN1C2=O. The highest BCUT2D eigenvalue weighted by molar-refractivity contribution is 14.1. The number of carbonyl (C=O) groups excluding carboxylic acids is 1. The van der Waals surface area contributed by atoms with Crippen LogP contribution in [0.4, 0.5) is 5.69 Å². The maximum Gasteiger partial charge on any atom is 0.266 e. The van der Waals surface area contributed by atoms with E-state index in [0.29, 0.717) is 58.4 Å². The lowest BCUT2D eigenvalue weighted by atomic mass is 10.1. The molecule has 0 unspecified atom stereocenters. The fourth-order valence-electron chi connectivity index (χ4n) is 6.07. The number of amides is 1. The van der Waals surface area contributed by atoms with Gasteiger partial charge in [-0.2, -0.15) is 0 Å². The predicted octanol–water partition coefficient (Wildman–Crippen LogP) is 6.95. The minimum absolute atomic E-state index is 0.00159. The van der Waals surface area contributed by atoms with Crippen LogP contribution >= 0.6 is 22.6 Å². The molecule has 1 amide bonds. The zero-order valence-electron chi connectivity index (χ0n) is 25.8. The first-order valence-corrected chi connectivity index (χ1v) is 16.5. The number of ether oxygens (including phenoxy) is 3. The van der Waals surface area contributed by atoms with Crippen LogP contribution in [-0.2, 0) is 0 Å². The Bertz CT molecular complexity index is 1840. The molecule has 1 aromatic heterocycles. The molecule has 0 radical (unpaired) electrons. The van der Waals surface area contributed by atoms with E-state index in [2.05, 4.69) is 33.6 Å². The smallest absolute Gasteiger partial charge is 0.266 e. The first-order chi connectivity index (χ1) is 21.8. The molecule has 0 saturated carbocycles. The molecule has 2 aliphatic heterocycles. The highest BCUT2D eigenvalue weighted by Crippen LogP contribution is 2.38. The molecule has 3 heterocycles. The second-order valence-electron chi connectivity index (χ2n) is 11.5. The number of hydrogen-bond acceptors (Lipinski definition) is 7. The molecule has 1 atom stereocenters. The summed E-state index contributed by atoms with van der Waals surface area (Å²) in [6.45, 7) is 5.71. The molecule has 6 rings (SSSR count). The minimum atomic E-state index is -0.0999. The average molecular weight is 721 g/mol. The van der Waals surface area contributed by atoms with Gasteiger partial charge in [-0.3, -0.25) is 19.1 Å². The number of carbonyl (C=O) groups is 1. The Balaban J connectivity index is 1.00. The number of benzene rings is 3. The fraction of sp³-hybridized carbons (Fsp3) is 0.371. The Kier molecular flexibility index (Phi) is 9.39. The molecule has 45 heavy (non-hydrogen) atoms. The van der Waals surface area contributed by atoms with E-state index in [1.54, 1.807) is 23.8 Å². The van der Waals surface area contributed by atoms with E-state index in [0.717, 1.165) is 59.9 Å². The van der Waals surface area contributed by atoms with Gasteiger partial charge < -0.3 is 19.1 Å². The molecular weight excluding hydrogens is 683 g/mol. The van der Waals surface area contributed by atoms with Crippen LogP contribution in [0.2, 0.25) is 0 Å². The maximum atomic E-state index is 13.5. The molecule has 10 heteroatoms. The number of fused-ring (bicyclic) bond motifs is 3. The second kappa shape index (κ2) is 13.6. The van der Waals surface area contributed by atoms with Crippen molar-refractivity contribution in [3.8, 4) is 22.9 Å². The molecule has 0 bridgehead atoms. The number of aromatic nitrogens is 2. The number of halogens is 1. The number of methoxy groups -OCH3 is 1. The third kappa shape index (κ3) is 6.56. The first kappa shape index (κ1) is 31.1. The highest BCUT2D eigenvalue weighted by atomic mass is 127. The van der Waals surface area contributed by atoms with E-state index in [4.69, 9.17) is 19.2 Å². The lowest BCUT2D eigenvalue weighted by molar-refractivity contribution is 0.0774. The van der Waals surface area contributed by atoms with Crippen molar-refractivity contribution in [2.24, 2.45) is 4.99 Å². The van der Waals surface area contributed by atoms with Crippen molar-refractivity contribution in [2.45, 2.75) is 58.4 Å². The van der Waals surface area contributed by atoms with Crippen LogP contribution in [0.25, 0.3) is 16.6 Å². The Morgan fingerprint density at radius 3 is 2.51 bits per heavy atom. The number of aryl methyl sites for hydroxylation is 2. The fourth-order valence-corrected chi connectivity index (χ4v) is 6.72. The summed E-state index contributed by atoms with van der Waals surface area (Å²) in [4.78, 5) is 37.8. The van der Waals surface area contributed by atoms with Gasteiger partial charge >= 0.3 is 0 Å². The van der Waals surface area contributed by atoms with Crippen molar-refractivity contribution in [2.75, 3.05) is 26.9 Å². The zero-order valence-corrected chi connectivity index (χ0v) is 28.0. The van der Waals surface area contributed by atoms with E-state index < -0.39 is 0 Å². The molecule has 1 saturated heterocycles. The summed E-state index contributed by atoms with van der Waals surface area (Å²) in [5, 5.41) is 0.539. The van der Waals surface area contributed by atoms with Crippen LogP contribution in [0.5, 0.6) is 17.2 Å². The van der Waals surface area contributed by atoms with Gasteiger partial charge in [0.1, 0.15) is 11.6 Å². The molecular formula is C35H37IN4O5. The molecule has 2 aliphatic rings. The van der Waals surface area contributed by atoms with Crippen molar-refractivity contribution in [3.63, 3.8) is 0 Å². The van der Waals surface area contributed by atoms with Gasteiger partial charge in [-0.05, 0) is 123 Å². The highest BCUT2D eigenvalue weighted by Gasteiger charge is 2.32. The number of hydrogen-bond donors (Lipinski definition) is 0. The number of nitrogens with zero attached hydrogens (tertiary/aromatic N) is 4. The monoisotopic (exact) mass is 720 g/mol. The number of rotatable bonds is 11. The number of aliphatic imine (C=N–C) groups is 1. The lowest BCUT2D eigenvalue weighted by Crippen LogP contribution is -2.35. The summed E-state index contributed by atoms with van der Waals surface area (Å²) in [5.41, 5.74) is 3.61. The van der Waals surface area contributed by atoms with Crippen molar-refractivity contribution in [1.82, 2.24) is 14.5 Å². The zero-order chi connectivity index (χ0) is 31.5. The summed E-state index contributed by atoms with van der Waals surface area (Å²) in [6.07, 6.45) is 7.54. The number of unbranched alkanes of at least 4 members (excludes halogenated alkanes) is 3. The van der Waals surface area contributed by atoms with Crippen LogP contribution in [-0.4, -0.2) is 59.5 Å². The van der Waals surface area contributed by atoms with Gasteiger partial charge in [0.2, 0.25) is 0 Å². The van der Waals surface area contributed by atoms with E-state index in [1.165, 1.54) is 0 Å². The average Bonchev–Trinajstić information content (AvgIpc) is 3.46. The van der Waals surface area contributed by atoms with Crippen molar-refractivity contribution in [3.05, 3.63) is 79.4 Å². The lowest BCUT2D eigenvalue weighted by Gasteiger charge is -2.20. The summed E-state index contributed by atoms with van der Waals surface area (Å²) in [7, 11) is 1.59. The van der Waals surface area contributed by atoms with E-state index in [9.17, 15) is 9.59 Å². The summed E-state index contributed by atoms with van der Waals surface area (Å²) >= 11 is 2.27. The van der Waals surface area contributed by atoms with Crippen LogP contribution in [0, 0.1) is 17.4 Å². The Morgan fingerprint density at radius 2 is 1.73 bits per heavy atom. The molecule has 9 nitrogen and oxygen atoms in total. The van der Waals surface area contributed by atoms with Gasteiger partial charge in [0.05, 0.1) is 54.2 Å². The normalized spacial score (nSPS) is 15.6. The topological polar surface area (TPSA) is 95.2 Å². The Hall–Kier alpha value is -3.93. The van der Waals surface area contributed by atoms with Crippen molar-refractivity contribution >= 4 is 51.3 Å². The van der Waals surface area contributed by atoms with Crippen LogP contribution in [0.15, 0.2) is 58.3 Å². The third-order valence-corrected chi connectivity index (χ3v) is 9.10. The van der Waals surface area contributed by atoms with E-state index in [1.807, 2.05) is 55.3 Å². The quantitative estimate of drug-likeness (QED) is 0.123. The standard InChI is InChI=1S/C35H37IN4O5/c1-22-17-24(36)10-13-31(22)40-23(2)38-29-12-11-26(18-27(29)35(40)42)44-15-6-4-5-7-16-45-33-20-30-28(19-32(33)43-3)34(41)39-14-8-9-25(39)21-37-30/h10-13,17-21,25H,4-9,14-16H2,1-3H3/t25-/m0/s1. The van der Waals surface area contributed by atoms with Gasteiger partial charge in [0.25, 0.3) is 11.5 Å². The van der Waals surface area contributed by atoms with E-state index in [-0.39, 0.29) is 17.5 Å². The van der Waals surface area contributed by atoms with Gasteiger partial charge in [-0.25, -0.2) is 4.98 Å². The summed E-state index contributed by atoms with van der Waals surface area (Å²) in [5.74, 6) is 2.46. The van der Waals surface area contributed by atoms with Gasteiger partial charge in [0, 0.05) is 22.4 Å². The molecule has 4 aromatic rings. The van der Waals surface area contributed by atoms with Gasteiger partial charge in [-0.15, -0.1) is 0 Å². The van der Waals surface area contributed by atoms with Crippen LogP contribution < -0.4 is 19.8 Å². The Morgan fingerprint density at radius 1 is 0.933 bits per heavy atom. The summed E-state index contributed by atoms with van der Waals surface area (Å²) in [6, 6.07) is 15.2. The third-order valence-electron chi connectivity index (χ3n) is 8.43. The van der Waals surface area contributed by atoms with Crippen molar-refractivity contribution in [1.29, 1.82) is 0 Å². The van der Waals surface area contributed by atoms with Crippen LogP contribution in [0.1, 0.15) is 60.3 Å². The maximum absolute atomic E-state index is 13.5. The molecule has 0 N–H and O–H groups in total. The van der Waals surface area contributed by atoms with Gasteiger partial charge in [-0.1, -0.05) is 0 Å². The predicted molar refractivity (Wildman–Crippen MR) is 184 cm³/mol. The largest absolute Gasteiger partial charge is 0.494 e. The van der Waals surface area contributed by atoms with Gasteiger partial charge in [0.15, 0.2) is 11.5 Å². The molecule has 0 spiro atoms. The minimum Gasteiger partial charge on any atom is -0.494 e. The second-order valence-corrected chi connectivity index (χ2v) is 12.8. The first-order valence-electron chi connectivity index (χ1n) is 15.5. The molecule has 3 aromatic carbocycles. The molecule has 0 aliphatic carbocycles. The molecule has 1 fully saturated rings. The van der Waals surface area contributed by atoms with Crippen LogP contribution in [0.3, 0.4) is 0 Å². The summed E-state index contributed by atoms with van der Waals surface area (Å²) < 4.78 is 20.4.